The number of phenols is 1. The van der Waals surface area contributed by atoms with Gasteiger partial charge >= 0.3 is 0 Å². The summed E-state index contributed by atoms with van der Waals surface area (Å²) in [4.78, 5) is 12.0. The molecule has 2 aromatic carbocycles. The molecule has 0 radical (unpaired) electrons. The van der Waals surface area contributed by atoms with Gasteiger partial charge < -0.3 is 10.4 Å². The van der Waals surface area contributed by atoms with Crippen molar-refractivity contribution in [1.82, 2.24) is 0 Å². The Labute approximate surface area is 122 Å². The van der Waals surface area contributed by atoms with Gasteiger partial charge in [-0.15, -0.1) is 0 Å². The lowest BCUT2D eigenvalue weighted by atomic mass is 10.1. The van der Waals surface area contributed by atoms with Crippen LogP contribution >= 0.6 is 0 Å². The monoisotopic (exact) mass is 306 g/mol. The Bertz CT molecular complexity index is 783. The Balaban J connectivity index is 2.20. The summed E-state index contributed by atoms with van der Waals surface area (Å²) in [5.41, 5.74) is 1.37. The van der Waals surface area contributed by atoms with Gasteiger partial charge in [-0.05, 0) is 48.9 Å². The Hall–Kier alpha value is -2.38. The van der Waals surface area contributed by atoms with Gasteiger partial charge in [0.05, 0.1) is 10.5 Å². The maximum atomic E-state index is 12.0. The minimum Gasteiger partial charge on any atom is -0.507 e. The number of benzene rings is 2. The normalized spacial score (nSPS) is 11.1. The molecule has 0 heterocycles. The minimum atomic E-state index is -3.76. The lowest BCUT2D eigenvalue weighted by Crippen LogP contribution is -2.14. The number of amides is 1. The number of nitrogens with two attached hydrogens (primary N) is 1. The third kappa shape index (κ3) is 3.59. The van der Waals surface area contributed by atoms with Crippen LogP contribution in [0, 0.1) is 6.92 Å². The molecule has 0 atom stereocenters. The fraction of sp³-hybridized carbons (Fsp3) is 0.0714. The zero-order valence-corrected chi connectivity index (χ0v) is 12.0. The van der Waals surface area contributed by atoms with Crippen molar-refractivity contribution in [3.8, 4) is 5.75 Å². The van der Waals surface area contributed by atoms with Gasteiger partial charge in [-0.1, -0.05) is 6.07 Å². The molecule has 4 N–H and O–H groups in total. The number of phenolic OH excluding ortho intramolecular Hbond substituents is 1. The number of aromatic hydroxyl groups is 1. The van der Waals surface area contributed by atoms with Gasteiger partial charge in [-0.25, -0.2) is 13.6 Å². The molecule has 2 aromatic rings. The molecule has 0 aliphatic heterocycles. The smallest absolute Gasteiger partial charge is 0.259 e. The van der Waals surface area contributed by atoms with E-state index in [4.69, 9.17) is 5.14 Å². The number of hydrogen-bond acceptors (Lipinski definition) is 4. The number of carbonyl (C=O) groups is 1. The molecule has 0 aromatic heterocycles. The van der Waals surface area contributed by atoms with E-state index < -0.39 is 15.9 Å². The molecule has 1 amide bonds. The molecule has 0 unspecified atom stereocenters. The standard InChI is InChI=1S/C14H14N2O4S/c1-9-2-7-12(13(17)8-9)14(18)16-10-3-5-11(6-4-10)21(15,19)20/h2-8,17H,1H3,(H,16,18)(H2,15,19,20). The molecular formula is C14H14N2O4S. The molecule has 0 saturated carbocycles. The Kier molecular flexibility index (Phi) is 3.97. The first kappa shape index (κ1) is 15.0. The topological polar surface area (TPSA) is 109 Å². The van der Waals surface area contributed by atoms with E-state index in [-0.39, 0.29) is 16.2 Å². The largest absolute Gasteiger partial charge is 0.507 e. The number of nitrogens with one attached hydrogen (secondary N) is 1. The van der Waals surface area contributed by atoms with Gasteiger partial charge in [-0.3, -0.25) is 4.79 Å². The van der Waals surface area contributed by atoms with Crippen LogP contribution in [-0.2, 0) is 10.0 Å². The molecule has 0 saturated heterocycles. The van der Waals surface area contributed by atoms with Gasteiger partial charge in [-0.2, -0.15) is 0 Å². The minimum absolute atomic E-state index is 0.0429. The van der Waals surface area contributed by atoms with E-state index in [0.29, 0.717) is 5.69 Å². The van der Waals surface area contributed by atoms with Crippen LogP contribution in [0.15, 0.2) is 47.4 Å². The summed E-state index contributed by atoms with van der Waals surface area (Å²) in [5, 5.41) is 17.3. The van der Waals surface area contributed by atoms with Gasteiger partial charge in [0, 0.05) is 5.69 Å². The second-order valence-corrected chi connectivity index (χ2v) is 6.11. The van der Waals surface area contributed by atoms with Crippen molar-refractivity contribution in [2.75, 3.05) is 5.32 Å². The summed E-state index contributed by atoms with van der Waals surface area (Å²) in [5.74, 6) is -0.607. The number of hydrogen-bond donors (Lipinski definition) is 3. The molecule has 2 rings (SSSR count). The number of primary sulfonamides is 1. The van der Waals surface area contributed by atoms with E-state index in [1.165, 1.54) is 36.4 Å². The van der Waals surface area contributed by atoms with Crippen LogP contribution in [0.5, 0.6) is 5.75 Å². The Morgan fingerprint density at radius 1 is 1.14 bits per heavy atom. The van der Waals surface area contributed by atoms with Gasteiger partial charge in [0.2, 0.25) is 10.0 Å². The van der Waals surface area contributed by atoms with Gasteiger partial charge in [0.25, 0.3) is 5.91 Å². The predicted octanol–water partition coefficient (Wildman–Crippen LogP) is 1.60. The molecule has 21 heavy (non-hydrogen) atoms. The van der Waals surface area contributed by atoms with Crippen LogP contribution in [0.4, 0.5) is 5.69 Å². The highest BCUT2D eigenvalue weighted by Gasteiger charge is 2.12. The van der Waals surface area contributed by atoms with Crippen molar-refractivity contribution in [3.05, 3.63) is 53.6 Å². The number of sulfonamides is 1. The molecule has 7 heteroatoms. The summed E-state index contributed by atoms with van der Waals surface area (Å²) >= 11 is 0. The van der Waals surface area contributed by atoms with Crippen LogP contribution in [0.25, 0.3) is 0 Å². The Morgan fingerprint density at radius 2 is 1.76 bits per heavy atom. The van der Waals surface area contributed by atoms with Crippen LogP contribution < -0.4 is 10.5 Å². The lowest BCUT2D eigenvalue weighted by Gasteiger charge is -2.08. The van der Waals surface area contributed by atoms with E-state index >= 15 is 0 Å². The van der Waals surface area contributed by atoms with Crippen molar-refractivity contribution in [3.63, 3.8) is 0 Å². The maximum absolute atomic E-state index is 12.0. The van der Waals surface area contributed by atoms with Crippen molar-refractivity contribution in [2.45, 2.75) is 11.8 Å². The van der Waals surface area contributed by atoms with Crippen LogP contribution in [0.3, 0.4) is 0 Å². The zero-order valence-electron chi connectivity index (χ0n) is 11.2. The number of anilines is 1. The fourth-order valence-corrected chi connectivity index (χ4v) is 2.28. The van der Waals surface area contributed by atoms with Crippen molar-refractivity contribution >= 4 is 21.6 Å². The SMILES string of the molecule is Cc1ccc(C(=O)Nc2ccc(S(N)(=O)=O)cc2)c(O)c1. The van der Waals surface area contributed by atoms with E-state index in [1.54, 1.807) is 13.0 Å². The van der Waals surface area contributed by atoms with E-state index in [9.17, 15) is 18.3 Å². The van der Waals surface area contributed by atoms with Crippen LogP contribution in [0.1, 0.15) is 15.9 Å². The third-order valence-electron chi connectivity index (χ3n) is 2.84. The first-order valence-electron chi connectivity index (χ1n) is 6.01. The predicted molar refractivity (Wildman–Crippen MR) is 78.6 cm³/mol. The second kappa shape index (κ2) is 5.55. The van der Waals surface area contributed by atoms with Crippen molar-refractivity contribution in [2.24, 2.45) is 5.14 Å². The molecule has 0 spiro atoms. The van der Waals surface area contributed by atoms with Crippen LogP contribution in [-0.4, -0.2) is 19.4 Å². The number of rotatable bonds is 3. The summed E-state index contributed by atoms with van der Waals surface area (Å²) in [6, 6.07) is 10.1. The van der Waals surface area contributed by atoms with Crippen molar-refractivity contribution < 1.29 is 18.3 Å². The highest BCUT2D eigenvalue weighted by Crippen LogP contribution is 2.20. The van der Waals surface area contributed by atoms with E-state index in [0.717, 1.165) is 5.56 Å². The first-order chi connectivity index (χ1) is 9.77. The average molecular weight is 306 g/mol. The molecule has 0 fully saturated rings. The molecule has 0 aliphatic carbocycles. The van der Waals surface area contributed by atoms with Gasteiger partial charge in [0.1, 0.15) is 5.75 Å². The van der Waals surface area contributed by atoms with E-state index in [1.807, 2.05) is 0 Å². The van der Waals surface area contributed by atoms with Gasteiger partial charge in [0.15, 0.2) is 0 Å². The summed E-state index contributed by atoms with van der Waals surface area (Å²) < 4.78 is 22.2. The van der Waals surface area contributed by atoms with Crippen LogP contribution in [0.2, 0.25) is 0 Å². The maximum Gasteiger partial charge on any atom is 0.259 e. The molecular weight excluding hydrogens is 292 g/mol. The first-order valence-corrected chi connectivity index (χ1v) is 7.56. The summed E-state index contributed by atoms with van der Waals surface area (Å²) in [7, 11) is -3.76. The van der Waals surface area contributed by atoms with Crippen molar-refractivity contribution in [1.29, 1.82) is 0 Å². The lowest BCUT2D eigenvalue weighted by molar-refractivity contribution is 0.102. The third-order valence-corrected chi connectivity index (χ3v) is 3.77. The summed E-state index contributed by atoms with van der Waals surface area (Å²) in [6.07, 6.45) is 0. The highest BCUT2D eigenvalue weighted by atomic mass is 32.2. The summed E-state index contributed by atoms with van der Waals surface area (Å²) in [6.45, 7) is 1.80. The molecule has 6 nitrogen and oxygen atoms in total. The second-order valence-electron chi connectivity index (χ2n) is 4.54. The Morgan fingerprint density at radius 3 is 2.29 bits per heavy atom. The zero-order chi connectivity index (χ0) is 15.6. The molecule has 110 valence electrons. The average Bonchev–Trinajstić information content (AvgIpc) is 2.38. The fourth-order valence-electron chi connectivity index (χ4n) is 1.76. The quantitative estimate of drug-likeness (QED) is 0.800. The number of carbonyl (C=O) groups excluding carboxylic acids is 1. The molecule has 0 aliphatic rings. The van der Waals surface area contributed by atoms with E-state index in [2.05, 4.69) is 5.32 Å². The number of aryl methyl sites for hydroxylation is 1. The highest BCUT2D eigenvalue weighted by molar-refractivity contribution is 7.89. The molecule has 0 bridgehead atoms.